The minimum Gasteiger partial charge on any atom is -0.342 e. The Morgan fingerprint density at radius 2 is 1.76 bits per heavy atom. The van der Waals surface area contributed by atoms with E-state index in [-0.39, 0.29) is 6.54 Å². The first-order valence-electron chi connectivity index (χ1n) is 6.60. The molecule has 1 fully saturated rings. The van der Waals surface area contributed by atoms with Gasteiger partial charge in [-0.3, -0.25) is 14.3 Å². The van der Waals surface area contributed by atoms with Crippen LogP contribution in [0.15, 0.2) is 0 Å². The van der Waals surface area contributed by atoms with Crippen LogP contribution in [-0.4, -0.2) is 47.8 Å². The molecule has 1 aliphatic heterocycles. The largest absolute Gasteiger partial charge is 0.522 e. The quantitative estimate of drug-likeness (QED) is 0.863. The van der Waals surface area contributed by atoms with Crippen molar-refractivity contribution in [2.45, 2.75) is 52.6 Å². The summed E-state index contributed by atoms with van der Waals surface area (Å²) in [4.78, 5) is 25.7. The van der Waals surface area contributed by atoms with E-state index in [1.54, 1.807) is 20.8 Å². The average molecular weight is 310 g/mol. The maximum absolute atomic E-state index is 12.5. The second-order valence-electron chi connectivity index (χ2n) is 6.62. The fourth-order valence-corrected chi connectivity index (χ4v) is 2.15. The summed E-state index contributed by atoms with van der Waals surface area (Å²) in [6.45, 7) is 7.31. The number of hydrogen-bond donors (Lipinski definition) is 1. The third kappa shape index (κ3) is 4.09. The highest BCUT2D eigenvalue weighted by Gasteiger charge is 2.49. The van der Waals surface area contributed by atoms with Crippen LogP contribution in [0.3, 0.4) is 0 Å². The summed E-state index contributed by atoms with van der Waals surface area (Å²) < 4.78 is 39.8. The zero-order valence-electron chi connectivity index (χ0n) is 12.8. The van der Waals surface area contributed by atoms with Crippen LogP contribution in [0.1, 0.15) is 34.6 Å². The van der Waals surface area contributed by atoms with Crippen molar-refractivity contribution in [1.29, 1.82) is 0 Å². The first-order chi connectivity index (χ1) is 9.27. The van der Waals surface area contributed by atoms with E-state index in [0.29, 0.717) is 0 Å². The summed E-state index contributed by atoms with van der Waals surface area (Å²) in [5, 5.41) is 2.64. The zero-order chi connectivity index (χ0) is 16.6. The van der Waals surface area contributed by atoms with E-state index in [1.165, 1.54) is 13.8 Å². The maximum Gasteiger partial charge on any atom is 0.522 e. The van der Waals surface area contributed by atoms with E-state index in [1.807, 2.05) is 0 Å². The van der Waals surface area contributed by atoms with Gasteiger partial charge in [-0.2, -0.15) is 0 Å². The molecule has 21 heavy (non-hydrogen) atoms. The Bertz CT molecular complexity index is 427. The van der Waals surface area contributed by atoms with Gasteiger partial charge in [-0.05, 0) is 19.3 Å². The van der Waals surface area contributed by atoms with Gasteiger partial charge in [0.1, 0.15) is 11.6 Å². The summed E-state index contributed by atoms with van der Waals surface area (Å²) in [5.41, 5.74) is -1.75. The molecule has 2 amide bonds. The van der Waals surface area contributed by atoms with Gasteiger partial charge < -0.3 is 10.2 Å². The lowest BCUT2D eigenvalue weighted by atomic mass is 9.82. The molecule has 1 heterocycles. The number of hydrogen-bond acceptors (Lipinski definition) is 3. The van der Waals surface area contributed by atoms with Crippen LogP contribution < -0.4 is 5.32 Å². The molecular formula is C13H21F3N2O3. The van der Waals surface area contributed by atoms with E-state index in [2.05, 4.69) is 10.1 Å². The van der Waals surface area contributed by atoms with Crippen molar-refractivity contribution in [3.63, 3.8) is 0 Å². The van der Waals surface area contributed by atoms with Crippen molar-refractivity contribution in [2.75, 3.05) is 13.2 Å². The van der Waals surface area contributed by atoms with Crippen LogP contribution in [0.25, 0.3) is 0 Å². The van der Waals surface area contributed by atoms with Crippen LogP contribution in [0.5, 0.6) is 0 Å². The standard InChI is InChI=1S/C13H21F3N2O3/c1-11(2,3)8-9(19)18(6-7-21-13(14,15)16)12(4,5)10(20)17-8/h8H,6-7H2,1-5H3,(H,17,20). The number of ether oxygens (including phenoxy) is 1. The Morgan fingerprint density at radius 1 is 1.24 bits per heavy atom. The molecule has 0 aliphatic carbocycles. The Balaban J connectivity index is 2.90. The number of nitrogens with one attached hydrogen (secondary N) is 1. The molecule has 5 nitrogen and oxygen atoms in total. The number of carbonyl (C=O) groups excluding carboxylic acids is 2. The van der Waals surface area contributed by atoms with E-state index < -0.39 is 41.8 Å². The molecule has 1 unspecified atom stereocenters. The lowest BCUT2D eigenvalue weighted by Gasteiger charge is -2.47. The molecular weight excluding hydrogens is 289 g/mol. The number of piperazine rings is 1. The molecule has 1 N–H and O–H groups in total. The molecule has 1 aliphatic rings. The van der Waals surface area contributed by atoms with E-state index in [4.69, 9.17) is 0 Å². The van der Waals surface area contributed by atoms with E-state index in [9.17, 15) is 22.8 Å². The van der Waals surface area contributed by atoms with Crippen LogP contribution in [0, 0.1) is 5.41 Å². The monoisotopic (exact) mass is 310 g/mol. The lowest BCUT2D eigenvalue weighted by molar-refractivity contribution is -0.325. The second kappa shape index (κ2) is 5.47. The van der Waals surface area contributed by atoms with Crippen LogP contribution in [0.2, 0.25) is 0 Å². The highest BCUT2D eigenvalue weighted by molar-refractivity contribution is 5.99. The van der Waals surface area contributed by atoms with Gasteiger partial charge in [-0.1, -0.05) is 20.8 Å². The molecule has 0 aromatic heterocycles. The minimum atomic E-state index is -4.76. The van der Waals surface area contributed by atoms with Crippen molar-refractivity contribution >= 4 is 11.8 Å². The molecule has 0 saturated carbocycles. The average Bonchev–Trinajstić information content (AvgIpc) is 2.25. The summed E-state index contributed by atoms with van der Waals surface area (Å²) in [5.74, 6) is -0.799. The lowest BCUT2D eigenvalue weighted by Crippen LogP contribution is -2.71. The number of halogens is 3. The van der Waals surface area contributed by atoms with Gasteiger partial charge in [0.2, 0.25) is 11.8 Å². The molecule has 1 rings (SSSR count). The normalized spacial score (nSPS) is 23.2. The topological polar surface area (TPSA) is 58.6 Å². The fraction of sp³-hybridized carbons (Fsp3) is 0.846. The van der Waals surface area contributed by atoms with E-state index >= 15 is 0 Å². The number of amides is 2. The Kier molecular flexibility index (Phi) is 4.62. The smallest absolute Gasteiger partial charge is 0.342 e. The van der Waals surface area contributed by atoms with Crippen molar-refractivity contribution in [3.8, 4) is 0 Å². The Hall–Kier alpha value is -1.31. The first-order valence-corrected chi connectivity index (χ1v) is 6.60. The SMILES string of the molecule is CC(C)(C)C1NC(=O)C(C)(C)N(CCOC(F)(F)F)C1=O. The van der Waals surface area contributed by atoms with E-state index in [0.717, 1.165) is 4.90 Å². The first kappa shape index (κ1) is 17.7. The molecule has 0 spiro atoms. The molecule has 1 atom stereocenters. The van der Waals surface area contributed by atoms with Crippen molar-refractivity contribution in [2.24, 2.45) is 5.41 Å². The van der Waals surface area contributed by atoms with Gasteiger partial charge in [-0.25, -0.2) is 0 Å². The Morgan fingerprint density at radius 3 is 2.19 bits per heavy atom. The molecule has 1 saturated heterocycles. The summed E-state index contributed by atoms with van der Waals surface area (Å²) in [7, 11) is 0. The van der Waals surface area contributed by atoms with Gasteiger partial charge in [0, 0.05) is 6.54 Å². The molecule has 0 bridgehead atoms. The van der Waals surface area contributed by atoms with Crippen molar-refractivity contribution < 1.29 is 27.5 Å². The molecule has 122 valence electrons. The van der Waals surface area contributed by atoms with Crippen molar-refractivity contribution in [3.05, 3.63) is 0 Å². The van der Waals surface area contributed by atoms with Crippen LogP contribution in [-0.2, 0) is 14.3 Å². The van der Waals surface area contributed by atoms with Gasteiger partial charge in [0.25, 0.3) is 0 Å². The van der Waals surface area contributed by atoms with Crippen LogP contribution in [0.4, 0.5) is 13.2 Å². The van der Waals surface area contributed by atoms with Gasteiger partial charge in [0.05, 0.1) is 6.61 Å². The number of alkyl halides is 3. The summed E-state index contributed by atoms with van der Waals surface area (Å²) in [6, 6.07) is -0.774. The van der Waals surface area contributed by atoms with Crippen molar-refractivity contribution in [1.82, 2.24) is 10.2 Å². The Labute approximate surface area is 121 Å². The number of carbonyl (C=O) groups is 2. The number of rotatable bonds is 3. The van der Waals surface area contributed by atoms with Crippen LogP contribution >= 0.6 is 0 Å². The highest BCUT2D eigenvalue weighted by atomic mass is 19.4. The molecule has 8 heteroatoms. The second-order valence-corrected chi connectivity index (χ2v) is 6.62. The molecule has 0 radical (unpaired) electrons. The van der Waals surface area contributed by atoms with Gasteiger partial charge >= 0.3 is 6.36 Å². The predicted molar refractivity (Wildman–Crippen MR) is 69.2 cm³/mol. The summed E-state index contributed by atoms with van der Waals surface area (Å²) >= 11 is 0. The van der Waals surface area contributed by atoms with Gasteiger partial charge in [-0.15, -0.1) is 13.2 Å². The highest BCUT2D eigenvalue weighted by Crippen LogP contribution is 2.29. The predicted octanol–water partition coefficient (Wildman–Crippen LogP) is 1.67. The fourth-order valence-electron chi connectivity index (χ4n) is 2.15. The van der Waals surface area contributed by atoms with Gasteiger partial charge in [0.15, 0.2) is 0 Å². The third-order valence-electron chi connectivity index (χ3n) is 3.47. The molecule has 0 aromatic rings. The molecule has 0 aromatic carbocycles. The minimum absolute atomic E-state index is 0.300. The zero-order valence-corrected chi connectivity index (χ0v) is 12.8. The summed E-state index contributed by atoms with van der Waals surface area (Å²) in [6.07, 6.45) is -4.76. The third-order valence-corrected chi connectivity index (χ3v) is 3.47. The maximum atomic E-state index is 12.5. The number of nitrogens with zero attached hydrogens (tertiary/aromatic N) is 1.